The van der Waals surface area contributed by atoms with Gasteiger partial charge in [-0.1, -0.05) is 12.1 Å². The van der Waals surface area contributed by atoms with Crippen molar-refractivity contribution in [3.05, 3.63) is 23.8 Å². The lowest BCUT2D eigenvalue weighted by atomic mass is 10.1. The minimum Gasteiger partial charge on any atom is -0.493 e. The molecule has 0 aliphatic rings. The number of hydrogen-bond acceptors (Lipinski definition) is 3. The average molecular weight is 245 g/mol. The zero-order valence-electron chi connectivity index (χ0n) is 8.66. The second-order valence-corrected chi connectivity index (χ2v) is 3.98. The molecule has 0 bridgehead atoms. The highest BCUT2D eigenvalue weighted by molar-refractivity contribution is 7.80. The molecule has 0 fully saturated rings. The standard InChI is InChI=1S/C11H13ClO2S/c1-3-14-9-6-4-5-8(11(9)15)10(12)7(2)13/h4-6,10,15H,3H2,1-2H3. The number of ketones is 1. The number of rotatable bonds is 4. The number of ether oxygens (including phenoxy) is 1. The number of carbonyl (C=O) groups excluding carboxylic acids is 1. The molecule has 1 unspecified atom stereocenters. The molecule has 0 heterocycles. The molecule has 0 spiro atoms. The highest BCUT2D eigenvalue weighted by Crippen LogP contribution is 2.33. The number of carbonyl (C=O) groups is 1. The van der Waals surface area contributed by atoms with E-state index in [0.29, 0.717) is 22.8 Å². The molecule has 1 aromatic carbocycles. The molecule has 4 heteroatoms. The Morgan fingerprint density at radius 3 is 2.80 bits per heavy atom. The van der Waals surface area contributed by atoms with Gasteiger partial charge in [0.2, 0.25) is 0 Å². The van der Waals surface area contributed by atoms with Crippen LogP contribution in [0.1, 0.15) is 24.8 Å². The zero-order chi connectivity index (χ0) is 11.4. The second-order valence-electron chi connectivity index (χ2n) is 3.10. The Kier molecular flexibility index (Phi) is 4.48. The summed E-state index contributed by atoms with van der Waals surface area (Å²) in [5.74, 6) is 0.561. The first kappa shape index (κ1) is 12.4. The molecule has 15 heavy (non-hydrogen) atoms. The summed E-state index contributed by atoms with van der Waals surface area (Å²) < 4.78 is 5.36. The molecule has 2 nitrogen and oxygen atoms in total. The second kappa shape index (κ2) is 5.42. The molecule has 0 aromatic heterocycles. The van der Waals surface area contributed by atoms with E-state index in [1.165, 1.54) is 6.92 Å². The molecule has 0 aliphatic heterocycles. The van der Waals surface area contributed by atoms with Gasteiger partial charge in [-0.3, -0.25) is 4.79 Å². The van der Waals surface area contributed by atoms with Crippen LogP contribution in [0.4, 0.5) is 0 Å². The highest BCUT2D eigenvalue weighted by Gasteiger charge is 2.17. The van der Waals surface area contributed by atoms with E-state index in [1.807, 2.05) is 6.92 Å². The fourth-order valence-corrected chi connectivity index (χ4v) is 1.84. The van der Waals surface area contributed by atoms with Crippen LogP contribution in [0.25, 0.3) is 0 Å². The molecule has 0 aliphatic carbocycles. The van der Waals surface area contributed by atoms with Crippen LogP contribution in [0.5, 0.6) is 5.75 Å². The van der Waals surface area contributed by atoms with E-state index < -0.39 is 5.38 Å². The third kappa shape index (κ3) is 2.89. The van der Waals surface area contributed by atoms with E-state index in [1.54, 1.807) is 18.2 Å². The van der Waals surface area contributed by atoms with Crippen molar-refractivity contribution in [2.45, 2.75) is 24.1 Å². The lowest BCUT2D eigenvalue weighted by Crippen LogP contribution is -2.04. The van der Waals surface area contributed by atoms with Crippen LogP contribution in [0, 0.1) is 0 Å². The maximum atomic E-state index is 11.2. The highest BCUT2D eigenvalue weighted by atomic mass is 35.5. The van der Waals surface area contributed by atoms with Crippen LogP contribution in [-0.2, 0) is 4.79 Å². The van der Waals surface area contributed by atoms with Crippen LogP contribution < -0.4 is 4.74 Å². The van der Waals surface area contributed by atoms with Gasteiger partial charge in [0.15, 0.2) is 5.78 Å². The van der Waals surface area contributed by atoms with Gasteiger partial charge in [-0.2, -0.15) is 0 Å². The summed E-state index contributed by atoms with van der Waals surface area (Å²) in [6.45, 7) is 3.91. The quantitative estimate of drug-likeness (QED) is 0.650. The van der Waals surface area contributed by atoms with Gasteiger partial charge in [0.05, 0.1) is 11.5 Å². The van der Waals surface area contributed by atoms with E-state index in [9.17, 15) is 4.79 Å². The topological polar surface area (TPSA) is 26.3 Å². The Hall–Kier alpha value is -0.670. The van der Waals surface area contributed by atoms with Gasteiger partial charge in [0, 0.05) is 0 Å². The van der Waals surface area contributed by atoms with E-state index in [-0.39, 0.29) is 5.78 Å². The van der Waals surface area contributed by atoms with E-state index >= 15 is 0 Å². The van der Waals surface area contributed by atoms with Gasteiger partial charge in [-0.15, -0.1) is 24.2 Å². The summed E-state index contributed by atoms with van der Waals surface area (Å²) in [7, 11) is 0. The van der Waals surface area contributed by atoms with Crippen LogP contribution in [0.3, 0.4) is 0 Å². The van der Waals surface area contributed by atoms with Gasteiger partial charge >= 0.3 is 0 Å². The SMILES string of the molecule is CCOc1cccc(C(Cl)C(C)=O)c1S. The van der Waals surface area contributed by atoms with E-state index in [4.69, 9.17) is 16.3 Å². The number of benzene rings is 1. The lowest BCUT2D eigenvalue weighted by Gasteiger charge is -2.13. The number of halogens is 1. The lowest BCUT2D eigenvalue weighted by molar-refractivity contribution is -0.116. The van der Waals surface area contributed by atoms with Crippen LogP contribution in [0.2, 0.25) is 0 Å². The van der Waals surface area contributed by atoms with Crippen LogP contribution >= 0.6 is 24.2 Å². The number of thiol groups is 1. The molecule has 0 N–H and O–H groups in total. The minimum absolute atomic E-state index is 0.0967. The van der Waals surface area contributed by atoms with Crippen LogP contribution in [0.15, 0.2) is 23.1 Å². The fraction of sp³-hybridized carbons (Fsp3) is 0.364. The first-order chi connectivity index (χ1) is 7.07. The monoisotopic (exact) mass is 244 g/mol. The van der Waals surface area contributed by atoms with Gasteiger partial charge in [-0.05, 0) is 25.5 Å². The summed E-state index contributed by atoms with van der Waals surface area (Å²) in [5, 5.41) is -0.655. The molecule has 1 aromatic rings. The molecule has 0 saturated carbocycles. The van der Waals surface area contributed by atoms with Crippen molar-refractivity contribution in [1.29, 1.82) is 0 Å². The van der Waals surface area contributed by atoms with Crippen molar-refractivity contribution in [2.24, 2.45) is 0 Å². The summed E-state index contributed by atoms with van der Waals surface area (Å²) >= 11 is 10.3. The summed E-state index contributed by atoms with van der Waals surface area (Å²) in [5.41, 5.74) is 0.693. The molecule has 1 atom stereocenters. The average Bonchev–Trinajstić information content (AvgIpc) is 2.20. The smallest absolute Gasteiger partial charge is 0.152 e. The van der Waals surface area contributed by atoms with Gasteiger partial charge in [0.1, 0.15) is 11.1 Å². The molecule has 82 valence electrons. The Morgan fingerprint density at radius 1 is 1.60 bits per heavy atom. The summed E-state index contributed by atoms with van der Waals surface area (Å²) in [6, 6.07) is 5.39. The van der Waals surface area contributed by atoms with Gasteiger partial charge in [-0.25, -0.2) is 0 Å². The third-order valence-electron chi connectivity index (χ3n) is 1.96. The molecule has 0 amide bonds. The predicted molar refractivity (Wildman–Crippen MR) is 64.1 cm³/mol. The Bertz CT molecular complexity index is 366. The zero-order valence-corrected chi connectivity index (χ0v) is 10.3. The number of hydrogen-bond donors (Lipinski definition) is 1. The van der Waals surface area contributed by atoms with Crippen molar-refractivity contribution >= 4 is 30.0 Å². The van der Waals surface area contributed by atoms with Crippen molar-refractivity contribution in [3.63, 3.8) is 0 Å². The van der Waals surface area contributed by atoms with E-state index in [2.05, 4.69) is 12.6 Å². The Morgan fingerprint density at radius 2 is 2.27 bits per heavy atom. The first-order valence-electron chi connectivity index (χ1n) is 4.67. The molecule has 1 rings (SSSR count). The molecular weight excluding hydrogens is 232 g/mol. The molecule has 0 radical (unpaired) electrons. The Labute approximate surface area is 100.0 Å². The van der Waals surface area contributed by atoms with Crippen LogP contribution in [-0.4, -0.2) is 12.4 Å². The van der Waals surface area contributed by atoms with Gasteiger partial charge < -0.3 is 4.74 Å². The largest absolute Gasteiger partial charge is 0.493 e. The molecule has 0 saturated heterocycles. The normalized spacial score (nSPS) is 12.3. The first-order valence-corrected chi connectivity index (χ1v) is 5.55. The molecular formula is C11H13ClO2S. The van der Waals surface area contributed by atoms with Crippen molar-refractivity contribution in [3.8, 4) is 5.75 Å². The van der Waals surface area contributed by atoms with Crippen molar-refractivity contribution in [2.75, 3.05) is 6.61 Å². The maximum absolute atomic E-state index is 11.2. The van der Waals surface area contributed by atoms with Gasteiger partial charge in [0.25, 0.3) is 0 Å². The minimum atomic E-state index is -0.655. The summed E-state index contributed by atoms with van der Waals surface area (Å²) in [6.07, 6.45) is 0. The summed E-state index contributed by atoms with van der Waals surface area (Å²) in [4.78, 5) is 11.8. The van der Waals surface area contributed by atoms with Crippen molar-refractivity contribution in [1.82, 2.24) is 0 Å². The number of Topliss-reactive ketones (excluding diaryl/α,β-unsaturated/α-hetero) is 1. The fourth-order valence-electron chi connectivity index (χ4n) is 1.23. The maximum Gasteiger partial charge on any atom is 0.152 e. The Balaban J connectivity index is 3.08. The predicted octanol–water partition coefficient (Wildman–Crippen LogP) is 3.24. The third-order valence-corrected chi connectivity index (χ3v) is 2.98. The van der Waals surface area contributed by atoms with E-state index in [0.717, 1.165) is 0 Å². The number of alkyl halides is 1. The van der Waals surface area contributed by atoms with Crippen molar-refractivity contribution < 1.29 is 9.53 Å².